The van der Waals surface area contributed by atoms with Crippen LogP contribution in [0, 0.1) is 11.3 Å². The number of rotatable bonds is 6. The summed E-state index contributed by atoms with van der Waals surface area (Å²) in [5, 5.41) is 2.97. The number of ether oxygens (including phenoxy) is 1. The summed E-state index contributed by atoms with van der Waals surface area (Å²) in [6.45, 7) is 11.1. The minimum absolute atomic E-state index is 0.148. The summed E-state index contributed by atoms with van der Waals surface area (Å²) in [4.78, 5) is 14.2. The molecule has 1 atom stereocenters. The molecule has 1 N–H and O–H groups in total. The molecule has 1 rings (SSSR count). The first kappa shape index (κ1) is 17.4. The van der Waals surface area contributed by atoms with Crippen molar-refractivity contribution in [1.29, 1.82) is 0 Å². The monoisotopic (exact) mass is 284 g/mol. The lowest BCUT2D eigenvalue weighted by Gasteiger charge is -2.29. The molecule has 1 aliphatic heterocycles. The molecule has 118 valence electrons. The van der Waals surface area contributed by atoms with E-state index >= 15 is 0 Å². The van der Waals surface area contributed by atoms with Gasteiger partial charge in [0.1, 0.15) is 0 Å². The molecular formula is C16H32N2O2. The number of amides is 1. The molecule has 0 aromatic rings. The van der Waals surface area contributed by atoms with Crippen molar-refractivity contribution in [2.45, 2.75) is 46.5 Å². The Morgan fingerprint density at radius 3 is 2.70 bits per heavy atom. The van der Waals surface area contributed by atoms with Gasteiger partial charge in [-0.3, -0.25) is 9.69 Å². The van der Waals surface area contributed by atoms with E-state index in [-0.39, 0.29) is 5.91 Å². The van der Waals surface area contributed by atoms with Crippen LogP contribution in [0.3, 0.4) is 0 Å². The summed E-state index contributed by atoms with van der Waals surface area (Å²) in [7, 11) is 1.69. The lowest BCUT2D eigenvalue weighted by molar-refractivity contribution is -0.122. The van der Waals surface area contributed by atoms with E-state index < -0.39 is 0 Å². The van der Waals surface area contributed by atoms with Gasteiger partial charge in [-0.15, -0.1) is 0 Å². The molecule has 0 radical (unpaired) electrons. The minimum atomic E-state index is 0.148. The van der Waals surface area contributed by atoms with E-state index in [1.807, 2.05) is 0 Å². The zero-order valence-electron chi connectivity index (χ0n) is 13.7. The Kier molecular flexibility index (Phi) is 7.52. The van der Waals surface area contributed by atoms with Crippen molar-refractivity contribution < 1.29 is 9.53 Å². The molecule has 0 spiro atoms. The molecule has 1 heterocycles. The number of hydrogen-bond acceptors (Lipinski definition) is 3. The first-order chi connectivity index (χ1) is 9.43. The third-order valence-corrected chi connectivity index (χ3v) is 4.26. The molecule has 0 aliphatic carbocycles. The third kappa shape index (κ3) is 6.71. The molecular weight excluding hydrogens is 252 g/mol. The predicted octanol–water partition coefficient (Wildman–Crippen LogP) is 2.29. The zero-order valence-corrected chi connectivity index (χ0v) is 13.7. The number of carbonyl (C=O) groups is 1. The number of carbonyl (C=O) groups excluding carboxylic acids is 1. The highest BCUT2D eigenvalue weighted by Crippen LogP contribution is 2.34. The summed E-state index contributed by atoms with van der Waals surface area (Å²) in [5.74, 6) is 0.924. The molecule has 1 amide bonds. The SMILES string of the molecule is COCCCNC(=O)CN1CCCC(C(C)(C)C)CC1. The van der Waals surface area contributed by atoms with Crippen LogP contribution in [0.25, 0.3) is 0 Å². The van der Waals surface area contributed by atoms with E-state index in [0.29, 0.717) is 25.1 Å². The van der Waals surface area contributed by atoms with Crippen molar-refractivity contribution >= 4 is 5.91 Å². The van der Waals surface area contributed by atoms with Crippen molar-refractivity contribution in [2.24, 2.45) is 11.3 Å². The summed E-state index contributed by atoms with van der Waals surface area (Å²) in [5.41, 5.74) is 0.387. The summed E-state index contributed by atoms with van der Waals surface area (Å²) in [6.07, 6.45) is 4.59. The van der Waals surface area contributed by atoms with E-state index in [9.17, 15) is 4.79 Å². The fourth-order valence-corrected chi connectivity index (χ4v) is 2.88. The Labute approximate surface area is 124 Å². The Morgan fingerprint density at radius 2 is 2.05 bits per heavy atom. The van der Waals surface area contributed by atoms with E-state index in [2.05, 4.69) is 31.0 Å². The molecule has 1 fully saturated rings. The van der Waals surface area contributed by atoms with Gasteiger partial charge in [0.15, 0.2) is 0 Å². The fraction of sp³-hybridized carbons (Fsp3) is 0.938. The lowest BCUT2D eigenvalue weighted by Crippen LogP contribution is -2.38. The summed E-state index contributed by atoms with van der Waals surface area (Å²) >= 11 is 0. The normalized spacial score (nSPS) is 21.5. The van der Waals surface area contributed by atoms with Crippen LogP contribution in [-0.4, -0.2) is 50.7 Å². The zero-order chi connectivity index (χ0) is 15.0. The van der Waals surface area contributed by atoms with Crippen molar-refractivity contribution in [2.75, 3.05) is 39.9 Å². The molecule has 1 aliphatic rings. The highest BCUT2D eigenvalue weighted by Gasteiger charge is 2.27. The Morgan fingerprint density at radius 1 is 1.30 bits per heavy atom. The Bertz CT molecular complexity index is 287. The van der Waals surface area contributed by atoms with Gasteiger partial charge in [0.05, 0.1) is 6.54 Å². The topological polar surface area (TPSA) is 41.6 Å². The van der Waals surface area contributed by atoms with Crippen LogP contribution < -0.4 is 5.32 Å². The standard InChI is InChI=1S/C16H32N2O2/c1-16(2,3)14-7-5-10-18(11-8-14)13-15(19)17-9-6-12-20-4/h14H,5-13H2,1-4H3,(H,17,19). The average Bonchev–Trinajstić information content (AvgIpc) is 2.60. The van der Waals surface area contributed by atoms with E-state index in [1.165, 1.54) is 19.3 Å². The van der Waals surface area contributed by atoms with Gasteiger partial charge in [0, 0.05) is 20.3 Å². The van der Waals surface area contributed by atoms with Crippen molar-refractivity contribution in [3.8, 4) is 0 Å². The first-order valence-electron chi connectivity index (χ1n) is 7.91. The molecule has 20 heavy (non-hydrogen) atoms. The fourth-order valence-electron chi connectivity index (χ4n) is 2.88. The van der Waals surface area contributed by atoms with Crippen molar-refractivity contribution in [1.82, 2.24) is 10.2 Å². The van der Waals surface area contributed by atoms with Crippen LogP contribution >= 0.6 is 0 Å². The van der Waals surface area contributed by atoms with Crippen LogP contribution in [0.5, 0.6) is 0 Å². The van der Waals surface area contributed by atoms with Crippen LogP contribution in [0.2, 0.25) is 0 Å². The number of likely N-dealkylation sites (tertiary alicyclic amines) is 1. The number of methoxy groups -OCH3 is 1. The molecule has 1 unspecified atom stereocenters. The smallest absolute Gasteiger partial charge is 0.234 e. The maximum absolute atomic E-state index is 11.9. The minimum Gasteiger partial charge on any atom is -0.385 e. The van der Waals surface area contributed by atoms with E-state index in [0.717, 1.165) is 25.4 Å². The maximum Gasteiger partial charge on any atom is 0.234 e. The van der Waals surface area contributed by atoms with Crippen molar-refractivity contribution in [3.63, 3.8) is 0 Å². The van der Waals surface area contributed by atoms with Gasteiger partial charge in [0.2, 0.25) is 5.91 Å². The predicted molar refractivity (Wildman–Crippen MR) is 82.7 cm³/mol. The average molecular weight is 284 g/mol. The third-order valence-electron chi connectivity index (χ3n) is 4.26. The van der Waals surface area contributed by atoms with Gasteiger partial charge < -0.3 is 10.1 Å². The Balaban J connectivity index is 2.26. The van der Waals surface area contributed by atoms with Crippen LogP contribution in [0.4, 0.5) is 0 Å². The summed E-state index contributed by atoms with van der Waals surface area (Å²) in [6, 6.07) is 0. The molecule has 0 bridgehead atoms. The van der Waals surface area contributed by atoms with Gasteiger partial charge in [-0.1, -0.05) is 20.8 Å². The second-order valence-electron chi connectivity index (χ2n) is 6.97. The molecule has 0 aromatic carbocycles. The number of hydrogen-bond donors (Lipinski definition) is 1. The molecule has 1 saturated heterocycles. The molecule has 0 aromatic heterocycles. The maximum atomic E-state index is 11.9. The van der Waals surface area contributed by atoms with Gasteiger partial charge in [-0.25, -0.2) is 0 Å². The molecule has 0 saturated carbocycles. The lowest BCUT2D eigenvalue weighted by atomic mass is 9.77. The van der Waals surface area contributed by atoms with E-state index in [4.69, 9.17) is 4.74 Å². The second-order valence-corrected chi connectivity index (χ2v) is 6.97. The van der Waals surface area contributed by atoms with Crippen molar-refractivity contribution in [3.05, 3.63) is 0 Å². The quantitative estimate of drug-likeness (QED) is 0.761. The highest BCUT2D eigenvalue weighted by atomic mass is 16.5. The van der Waals surface area contributed by atoms with Gasteiger partial charge >= 0.3 is 0 Å². The number of nitrogens with one attached hydrogen (secondary N) is 1. The van der Waals surface area contributed by atoms with Gasteiger partial charge in [0.25, 0.3) is 0 Å². The van der Waals surface area contributed by atoms with Crippen LogP contribution in [0.1, 0.15) is 46.5 Å². The van der Waals surface area contributed by atoms with Crippen LogP contribution in [0.15, 0.2) is 0 Å². The van der Waals surface area contributed by atoms with Gasteiger partial charge in [-0.2, -0.15) is 0 Å². The molecule has 4 nitrogen and oxygen atoms in total. The van der Waals surface area contributed by atoms with Crippen LogP contribution in [-0.2, 0) is 9.53 Å². The molecule has 4 heteroatoms. The Hall–Kier alpha value is -0.610. The summed E-state index contributed by atoms with van der Waals surface area (Å²) < 4.78 is 4.97. The largest absolute Gasteiger partial charge is 0.385 e. The first-order valence-corrected chi connectivity index (χ1v) is 7.91. The second kappa shape index (κ2) is 8.63. The highest BCUT2D eigenvalue weighted by molar-refractivity contribution is 5.77. The number of nitrogens with zero attached hydrogens (tertiary/aromatic N) is 1. The van der Waals surface area contributed by atoms with E-state index in [1.54, 1.807) is 7.11 Å². The van der Waals surface area contributed by atoms with Gasteiger partial charge in [-0.05, 0) is 50.1 Å².